The molecule has 1 atom stereocenters. The van der Waals surface area contributed by atoms with E-state index in [1.54, 1.807) is 0 Å². The quantitative estimate of drug-likeness (QED) is 0.310. The van der Waals surface area contributed by atoms with Gasteiger partial charge < -0.3 is 0 Å². The van der Waals surface area contributed by atoms with E-state index in [0.717, 1.165) is 25.7 Å². The van der Waals surface area contributed by atoms with Crippen LogP contribution in [0.3, 0.4) is 0 Å². The minimum absolute atomic E-state index is 0.0592. The fraction of sp³-hybridized carbons (Fsp3) is 0.941. The van der Waals surface area contributed by atoms with Crippen LogP contribution in [-0.2, 0) is 0 Å². The van der Waals surface area contributed by atoms with Gasteiger partial charge in [-0.1, -0.05) is 60.8 Å². The highest BCUT2D eigenvalue weighted by Gasteiger charge is 2.63. The monoisotopic (exact) mass is 296 g/mol. The highest BCUT2D eigenvalue weighted by Crippen LogP contribution is 2.53. The third-order valence-electron chi connectivity index (χ3n) is 5.33. The summed E-state index contributed by atoms with van der Waals surface area (Å²) in [4.78, 5) is 12.0. The largest absolute Gasteiger partial charge is 0.264 e. The zero-order valence-corrected chi connectivity index (χ0v) is 14.7. The maximum absolute atomic E-state index is 12.1. The van der Waals surface area contributed by atoms with Gasteiger partial charge in [-0.2, -0.15) is 5.26 Å². The predicted octanol–water partition coefficient (Wildman–Crippen LogP) is 5.35. The minimum atomic E-state index is -0.995. The molecule has 4 nitrogen and oxygen atoms in total. The lowest BCUT2D eigenvalue weighted by Gasteiger charge is -2.48. The van der Waals surface area contributed by atoms with Crippen LogP contribution in [0.2, 0.25) is 0 Å². The molecular weight excluding hydrogens is 264 g/mol. The van der Waals surface area contributed by atoms with Crippen molar-refractivity contribution in [3.8, 4) is 6.07 Å². The van der Waals surface area contributed by atoms with E-state index in [1.807, 2.05) is 34.6 Å². The van der Waals surface area contributed by atoms with Crippen LogP contribution in [0.25, 0.3) is 0 Å². The lowest BCUT2D eigenvalue weighted by molar-refractivity contribution is -0.613. The van der Waals surface area contributed by atoms with Gasteiger partial charge in [0.05, 0.1) is 6.07 Å². The number of unbranched alkanes of at least 4 members (excludes halogenated alkanes) is 2. The summed E-state index contributed by atoms with van der Waals surface area (Å²) in [6, 6.07) is 2.14. The molecule has 0 aromatic rings. The summed E-state index contributed by atoms with van der Waals surface area (Å²) in [5.41, 5.74) is -1.89. The minimum Gasteiger partial charge on any atom is -0.264 e. The smallest absolute Gasteiger partial charge is 0.231 e. The molecule has 0 N–H and O–H groups in total. The molecule has 21 heavy (non-hydrogen) atoms. The second kappa shape index (κ2) is 7.77. The number of hydrogen-bond acceptors (Lipinski definition) is 3. The van der Waals surface area contributed by atoms with Crippen molar-refractivity contribution in [2.24, 2.45) is 10.8 Å². The van der Waals surface area contributed by atoms with Gasteiger partial charge in [0.2, 0.25) is 5.54 Å². The summed E-state index contributed by atoms with van der Waals surface area (Å²) >= 11 is 0. The van der Waals surface area contributed by atoms with Crippen LogP contribution in [-0.4, -0.2) is 10.5 Å². The molecule has 0 aliphatic heterocycles. The zero-order valence-electron chi connectivity index (χ0n) is 14.7. The van der Waals surface area contributed by atoms with Crippen LogP contribution in [0, 0.1) is 32.3 Å². The predicted molar refractivity (Wildman–Crippen MR) is 86.6 cm³/mol. The van der Waals surface area contributed by atoms with Gasteiger partial charge >= 0.3 is 0 Å². The van der Waals surface area contributed by atoms with Crippen LogP contribution >= 0.6 is 0 Å². The van der Waals surface area contributed by atoms with Gasteiger partial charge in [0, 0.05) is 28.6 Å². The molecule has 0 aromatic heterocycles. The first kappa shape index (κ1) is 19.9. The summed E-state index contributed by atoms with van der Waals surface area (Å²) in [5, 5.41) is 20.9. The molecule has 0 aromatic carbocycles. The van der Waals surface area contributed by atoms with Crippen molar-refractivity contribution in [1.29, 1.82) is 5.26 Å². The third kappa shape index (κ3) is 3.96. The number of nitro groups is 1. The van der Waals surface area contributed by atoms with E-state index >= 15 is 0 Å². The second-order valence-corrected chi connectivity index (χ2v) is 7.35. The Bertz CT molecular complexity index is 383. The van der Waals surface area contributed by atoms with E-state index in [9.17, 15) is 10.1 Å². The van der Waals surface area contributed by atoms with E-state index in [-0.39, 0.29) is 10.3 Å². The Morgan fingerprint density at radius 3 is 1.95 bits per heavy atom. The molecule has 0 rings (SSSR count). The van der Waals surface area contributed by atoms with Gasteiger partial charge in [0.25, 0.3) is 0 Å². The Labute approximate surface area is 130 Å². The van der Waals surface area contributed by atoms with Gasteiger partial charge in [-0.15, -0.1) is 0 Å². The van der Waals surface area contributed by atoms with Gasteiger partial charge in [-0.3, -0.25) is 10.1 Å². The first-order chi connectivity index (χ1) is 9.63. The average molecular weight is 296 g/mol. The molecule has 0 fully saturated rings. The van der Waals surface area contributed by atoms with Gasteiger partial charge in [-0.25, -0.2) is 0 Å². The van der Waals surface area contributed by atoms with Crippen molar-refractivity contribution in [3.63, 3.8) is 0 Å². The third-order valence-corrected chi connectivity index (χ3v) is 5.33. The van der Waals surface area contributed by atoms with E-state index in [4.69, 9.17) is 5.26 Å². The first-order valence-corrected chi connectivity index (χ1v) is 8.14. The highest BCUT2D eigenvalue weighted by molar-refractivity contribution is 5.03. The average Bonchev–Trinajstić information content (AvgIpc) is 2.36. The van der Waals surface area contributed by atoms with Gasteiger partial charge in [0.1, 0.15) is 0 Å². The molecular formula is C17H32N2O2. The molecule has 0 spiro atoms. The van der Waals surface area contributed by atoms with Crippen LogP contribution in [0.4, 0.5) is 0 Å². The van der Waals surface area contributed by atoms with Crippen LogP contribution < -0.4 is 0 Å². The summed E-state index contributed by atoms with van der Waals surface area (Å²) in [6.07, 6.45) is 5.53. The van der Waals surface area contributed by atoms with Crippen molar-refractivity contribution in [1.82, 2.24) is 0 Å². The Morgan fingerprint density at radius 1 is 1.05 bits per heavy atom. The molecule has 0 heterocycles. The summed E-state index contributed by atoms with van der Waals surface area (Å²) in [7, 11) is 0. The molecule has 0 bridgehead atoms. The van der Waals surface area contributed by atoms with E-state index < -0.39 is 11.0 Å². The van der Waals surface area contributed by atoms with Crippen LogP contribution in [0.5, 0.6) is 0 Å². The number of hydrogen-bond donors (Lipinski definition) is 0. The molecule has 122 valence electrons. The van der Waals surface area contributed by atoms with Crippen LogP contribution in [0.15, 0.2) is 0 Å². The number of nitrogens with zero attached hydrogens (tertiary/aromatic N) is 2. The fourth-order valence-electron chi connectivity index (χ4n) is 4.10. The molecule has 0 saturated heterocycles. The van der Waals surface area contributed by atoms with Gasteiger partial charge in [-0.05, 0) is 12.8 Å². The molecule has 0 saturated carbocycles. The Kier molecular flexibility index (Phi) is 7.36. The number of rotatable bonds is 10. The normalized spacial score (nSPS) is 15.3. The molecule has 4 heteroatoms. The Hall–Kier alpha value is -1.11. The summed E-state index contributed by atoms with van der Waals surface area (Å²) in [5.74, 6) is 0. The molecule has 0 radical (unpaired) electrons. The lowest BCUT2D eigenvalue weighted by atomic mass is 9.55. The van der Waals surface area contributed by atoms with Crippen molar-refractivity contribution < 1.29 is 4.92 Å². The molecule has 0 aliphatic rings. The first-order valence-electron chi connectivity index (χ1n) is 8.14. The van der Waals surface area contributed by atoms with Crippen molar-refractivity contribution in [2.75, 3.05) is 0 Å². The fourth-order valence-corrected chi connectivity index (χ4v) is 4.10. The van der Waals surface area contributed by atoms with E-state index in [2.05, 4.69) is 13.0 Å². The standard InChI is InChI=1S/C17H32N2O2/c1-7-9-10-12-15(3,4)17(8-2,19(20)21)16(5,6)13-11-14-18/h7-13H2,1-6H3. The lowest BCUT2D eigenvalue weighted by Crippen LogP contribution is -2.60. The zero-order chi connectivity index (χ0) is 16.7. The summed E-state index contributed by atoms with van der Waals surface area (Å²) in [6.45, 7) is 12.0. The Balaban J connectivity index is 5.62. The van der Waals surface area contributed by atoms with E-state index in [0.29, 0.717) is 19.3 Å². The maximum Gasteiger partial charge on any atom is 0.231 e. The SMILES string of the molecule is CCCCCC(C)(C)C(CC)([N+](=O)[O-])C(C)(C)CCC#N. The maximum atomic E-state index is 12.1. The van der Waals surface area contributed by atoms with Crippen molar-refractivity contribution >= 4 is 0 Å². The summed E-state index contributed by atoms with van der Waals surface area (Å²) < 4.78 is 0. The number of nitriles is 1. The molecule has 0 aliphatic carbocycles. The molecule has 1 unspecified atom stereocenters. The van der Waals surface area contributed by atoms with Crippen LogP contribution in [0.1, 0.15) is 86.5 Å². The van der Waals surface area contributed by atoms with Crippen molar-refractivity contribution in [2.45, 2.75) is 92.0 Å². The van der Waals surface area contributed by atoms with E-state index in [1.165, 1.54) is 0 Å². The molecule has 0 amide bonds. The topological polar surface area (TPSA) is 66.9 Å². The highest BCUT2D eigenvalue weighted by atomic mass is 16.6. The van der Waals surface area contributed by atoms with Gasteiger partial charge in [0.15, 0.2) is 0 Å². The Morgan fingerprint density at radius 2 is 1.57 bits per heavy atom. The second-order valence-electron chi connectivity index (χ2n) is 7.35. The van der Waals surface area contributed by atoms with Crippen molar-refractivity contribution in [3.05, 3.63) is 10.1 Å².